The number of amides is 1. The summed E-state index contributed by atoms with van der Waals surface area (Å²) in [7, 11) is 1.40. The first-order chi connectivity index (χ1) is 22.8. The lowest BCUT2D eigenvalue weighted by atomic mass is 9.63. The first kappa shape index (κ1) is 33.7. The van der Waals surface area contributed by atoms with Gasteiger partial charge in [0.2, 0.25) is 5.91 Å². The number of pyridine rings is 1. The number of carbonyl (C=O) groups excluding carboxylic acids is 1. The van der Waals surface area contributed by atoms with E-state index in [-0.39, 0.29) is 27.8 Å². The number of carboxylic acid groups (broad SMARTS) is 1. The van der Waals surface area contributed by atoms with E-state index in [4.69, 9.17) is 27.9 Å². The minimum atomic E-state index is -1.12. The highest BCUT2D eigenvalue weighted by Gasteiger charge is 2.63. The smallest absolute Gasteiger partial charge is 0.335 e. The van der Waals surface area contributed by atoms with Gasteiger partial charge in [0.1, 0.15) is 11.6 Å². The van der Waals surface area contributed by atoms with Crippen LogP contribution >= 0.6 is 23.2 Å². The van der Waals surface area contributed by atoms with Crippen LogP contribution in [0.5, 0.6) is 5.75 Å². The number of nitrogens with zero attached hydrogens (tertiary/aromatic N) is 2. The largest absolute Gasteiger partial charge is 0.495 e. The molecule has 4 aromatic rings. The second-order valence-corrected chi connectivity index (χ2v) is 14.5. The SMILES string of the molecule is COc1cc(C(=O)O)ccc1NC(=O)[C@@H]1NC(CC(C)(C)C)[C@@]2(CN(Cc3ccncc3)c3cc(Cl)ccc32)[C@H]1c1cccc(Cl)c1F. The number of rotatable bonds is 8. The summed E-state index contributed by atoms with van der Waals surface area (Å²) in [6, 6.07) is 17.7. The highest BCUT2D eigenvalue weighted by atomic mass is 35.5. The molecule has 250 valence electrons. The molecule has 1 fully saturated rings. The van der Waals surface area contributed by atoms with Crippen molar-refractivity contribution in [3.63, 3.8) is 0 Å². The lowest BCUT2D eigenvalue weighted by molar-refractivity contribution is -0.118. The van der Waals surface area contributed by atoms with Crippen molar-refractivity contribution >= 4 is 46.5 Å². The van der Waals surface area contributed by atoms with Gasteiger partial charge in [-0.15, -0.1) is 0 Å². The number of hydrogen-bond acceptors (Lipinski definition) is 6. The number of carboxylic acids is 1. The summed E-state index contributed by atoms with van der Waals surface area (Å²) in [5, 5.41) is 16.7. The van der Waals surface area contributed by atoms with Crippen molar-refractivity contribution < 1.29 is 23.8 Å². The number of hydrogen-bond donors (Lipinski definition) is 3. The zero-order chi connectivity index (χ0) is 34.4. The van der Waals surface area contributed by atoms with E-state index < -0.39 is 35.1 Å². The van der Waals surface area contributed by atoms with Crippen molar-refractivity contribution in [1.29, 1.82) is 0 Å². The number of aromatic nitrogens is 1. The third-order valence-electron chi connectivity index (χ3n) is 9.39. The molecule has 8 nitrogen and oxygen atoms in total. The normalized spacial score (nSPS) is 21.7. The first-order valence-corrected chi connectivity index (χ1v) is 16.4. The van der Waals surface area contributed by atoms with Crippen LogP contribution in [-0.2, 0) is 16.8 Å². The van der Waals surface area contributed by atoms with Crippen LogP contribution in [0.1, 0.15) is 60.2 Å². The Morgan fingerprint density at radius 1 is 1.10 bits per heavy atom. The maximum Gasteiger partial charge on any atom is 0.335 e. The predicted octanol–water partition coefficient (Wildman–Crippen LogP) is 7.69. The van der Waals surface area contributed by atoms with Gasteiger partial charge in [-0.25, -0.2) is 9.18 Å². The van der Waals surface area contributed by atoms with Crippen molar-refractivity contribution in [3.05, 3.63) is 117 Å². The van der Waals surface area contributed by atoms with Crippen molar-refractivity contribution in [2.75, 3.05) is 23.9 Å². The van der Waals surface area contributed by atoms with Gasteiger partial charge in [-0.3, -0.25) is 9.78 Å². The fourth-order valence-electron chi connectivity index (χ4n) is 7.47. The van der Waals surface area contributed by atoms with E-state index in [0.717, 1.165) is 16.8 Å². The number of fused-ring (bicyclic) bond motifs is 2. The Morgan fingerprint density at radius 3 is 2.54 bits per heavy atom. The van der Waals surface area contributed by atoms with E-state index >= 15 is 4.39 Å². The van der Waals surface area contributed by atoms with E-state index in [9.17, 15) is 14.7 Å². The molecule has 2 aliphatic heterocycles. The monoisotopic (exact) mass is 690 g/mol. The van der Waals surface area contributed by atoms with Crippen LogP contribution in [0.4, 0.5) is 15.8 Å². The summed E-state index contributed by atoms with van der Waals surface area (Å²) < 4.78 is 21.8. The molecule has 1 spiro atoms. The Hall–Kier alpha value is -4.18. The van der Waals surface area contributed by atoms with Gasteiger partial charge in [0.15, 0.2) is 0 Å². The van der Waals surface area contributed by atoms with Crippen molar-refractivity contribution in [1.82, 2.24) is 10.3 Å². The lowest BCUT2D eigenvalue weighted by Crippen LogP contribution is -2.48. The molecule has 3 aromatic carbocycles. The molecular formula is C37H37Cl2FN4O4. The van der Waals surface area contributed by atoms with Crippen molar-refractivity contribution in [2.45, 2.75) is 57.2 Å². The molecule has 6 rings (SSSR count). The summed E-state index contributed by atoms with van der Waals surface area (Å²) in [5.74, 6) is -2.64. The molecule has 1 amide bonds. The third-order valence-corrected chi connectivity index (χ3v) is 9.92. The number of ether oxygens (including phenoxy) is 1. The number of nitrogens with one attached hydrogen (secondary N) is 2. The zero-order valence-corrected chi connectivity index (χ0v) is 28.6. The van der Waals surface area contributed by atoms with Gasteiger partial charge in [-0.05, 0) is 77.1 Å². The molecule has 3 N–H and O–H groups in total. The molecule has 1 saturated heterocycles. The molecule has 0 radical (unpaired) electrons. The van der Waals surface area contributed by atoms with Gasteiger partial charge in [0.05, 0.1) is 29.4 Å². The second-order valence-electron chi connectivity index (χ2n) is 13.7. The molecule has 0 saturated carbocycles. The average molecular weight is 692 g/mol. The van der Waals surface area contributed by atoms with Crippen LogP contribution in [0, 0.1) is 11.2 Å². The van der Waals surface area contributed by atoms with Gasteiger partial charge in [-0.1, -0.05) is 62.2 Å². The molecule has 2 aliphatic rings. The Kier molecular flexibility index (Phi) is 9.15. The van der Waals surface area contributed by atoms with Crippen LogP contribution in [-0.4, -0.2) is 47.7 Å². The summed E-state index contributed by atoms with van der Waals surface area (Å²) in [6.07, 6.45) is 4.17. The third kappa shape index (κ3) is 6.22. The van der Waals surface area contributed by atoms with E-state index in [2.05, 4.69) is 41.3 Å². The van der Waals surface area contributed by atoms with Crippen LogP contribution in [0.3, 0.4) is 0 Å². The van der Waals surface area contributed by atoms with Gasteiger partial charge in [-0.2, -0.15) is 0 Å². The molecule has 4 atom stereocenters. The second kappa shape index (κ2) is 13.0. The number of benzene rings is 3. The standard InChI is InChI=1S/C37H37Cl2FN4O4/c1-36(2,3)18-30-37(20-44(19-21-12-14-41-15-13-21)28-17-23(38)9-10-25(28)37)31(24-6-5-7-26(39)32(24)40)33(43-30)34(45)42-27-11-8-22(35(46)47)16-29(27)48-4/h5-17,30-31,33,43H,18-20H2,1-4H3,(H,42,45)(H,46,47)/t30?,31-,33+,37-/m0/s1. The molecular weight excluding hydrogens is 654 g/mol. The highest BCUT2D eigenvalue weighted by Crippen LogP contribution is 2.58. The number of anilines is 2. The zero-order valence-electron chi connectivity index (χ0n) is 27.1. The molecule has 48 heavy (non-hydrogen) atoms. The topological polar surface area (TPSA) is 104 Å². The summed E-state index contributed by atoms with van der Waals surface area (Å²) >= 11 is 13.0. The van der Waals surface area contributed by atoms with Crippen LogP contribution < -0.4 is 20.3 Å². The highest BCUT2D eigenvalue weighted by molar-refractivity contribution is 6.31. The minimum Gasteiger partial charge on any atom is -0.495 e. The Bertz CT molecular complexity index is 1870. The molecule has 11 heteroatoms. The molecule has 0 bridgehead atoms. The molecule has 0 aliphatic carbocycles. The summed E-state index contributed by atoms with van der Waals surface area (Å²) in [6.45, 7) is 7.45. The summed E-state index contributed by atoms with van der Waals surface area (Å²) in [5.41, 5.74) is 2.59. The van der Waals surface area contributed by atoms with E-state index in [1.807, 2.05) is 30.3 Å². The molecule has 3 heterocycles. The fraction of sp³-hybridized carbons (Fsp3) is 0.324. The van der Waals surface area contributed by atoms with Crippen molar-refractivity contribution in [2.24, 2.45) is 5.41 Å². The molecule has 1 unspecified atom stereocenters. The fourth-order valence-corrected chi connectivity index (χ4v) is 7.82. The summed E-state index contributed by atoms with van der Waals surface area (Å²) in [4.78, 5) is 32.6. The van der Waals surface area contributed by atoms with Crippen LogP contribution in [0.25, 0.3) is 0 Å². The lowest BCUT2D eigenvalue weighted by Gasteiger charge is -2.40. The number of aromatic carboxylic acids is 1. The van der Waals surface area contributed by atoms with Gasteiger partial charge >= 0.3 is 5.97 Å². The van der Waals surface area contributed by atoms with E-state index in [1.165, 1.54) is 31.4 Å². The van der Waals surface area contributed by atoms with Crippen LogP contribution in [0.15, 0.2) is 79.1 Å². The Labute approximate surface area is 289 Å². The number of halogens is 3. The average Bonchev–Trinajstić information content (AvgIpc) is 3.52. The van der Waals surface area contributed by atoms with E-state index in [0.29, 0.717) is 35.8 Å². The maximum atomic E-state index is 16.3. The van der Waals surface area contributed by atoms with E-state index in [1.54, 1.807) is 24.5 Å². The van der Waals surface area contributed by atoms with Gasteiger partial charge in [0.25, 0.3) is 0 Å². The first-order valence-electron chi connectivity index (χ1n) is 15.7. The van der Waals surface area contributed by atoms with Gasteiger partial charge < -0.3 is 25.4 Å². The maximum absolute atomic E-state index is 16.3. The van der Waals surface area contributed by atoms with Crippen molar-refractivity contribution in [3.8, 4) is 5.75 Å². The molecule has 1 aromatic heterocycles. The Morgan fingerprint density at radius 2 is 1.85 bits per heavy atom. The number of methoxy groups -OCH3 is 1. The Balaban J connectivity index is 1.53. The van der Waals surface area contributed by atoms with Crippen LogP contribution in [0.2, 0.25) is 10.0 Å². The predicted molar refractivity (Wildman–Crippen MR) is 186 cm³/mol. The minimum absolute atomic E-state index is 0.0161. The van der Waals surface area contributed by atoms with Gasteiger partial charge in [0, 0.05) is 53.6 Å². The quantitative estimate of drug-likeness (QED) is 0.174. The number of carbonyl (C=O) groups is 2.